The maximum absolute atomic E-state index is 13.5. The van der Waals surface area contributed by atoms with E-state index in [0.717, 1.165) is 22.3 Å². The second kappa shape index (κ2) is 12.6. The third kappa shape index (κ3) is 6.94. The quantitative estimate of drug-likeness (QED) is 0.430. The molecular formula is C28H43N3O6S2. The molecule has 1 saturated heterocycles. The van der Waals surface area contributed by atoms with Crippen LogP contribution in [0.1, 0.15) is 61.8 Å². The lowest BCUT2D eigenvalue weighted by molar-refractivity contribution is 0.191. The van der Waals surface area contributed by atoms with Crippen LogP contribution in [-0.4, -0.2) is 79.5 Å². The van der Waals surface area contributed by atoms with E-state index in [9.17, 15) is 16.8 Å². The molecule has 1 N–H and O–H groups in total. The van der Waals surface area contributed by atoms with Gasteiger partial charge in [0.2, 0.25) is 20.0 Å². The lowest BCUT2D eigenvalue weighted by Gasteiger charge is -2.34. The van der Waals surface area contributed by atoms with Crippen LogP contribution in [0.4, 0.5) is 0 Å². The Morgan fingerprint density at radius 1 is 0.769 bits per heavy atom. The number of methoxy groups -OCH3 is 2. The van der Waals surface area contributed by atoms with Gasteiger partial charge in [-0.3, -0.25) is 4.90 Å². The third-order valence-electron chi connectivity index (χ3n) is 7.31. The molecular weight excluding hydrogens is 538 g/mol. The summed E-state index contributed by atoms with van der Waals surface area (Å²) in [4.78, 5) is 2.38. The number of ether oxygens (including phenoxy) is 2. The van der Waals surface area contributed by atoms with Crippen molar-refractivity contribution >= 4 is 20.0 Å². The van der Waals surface area contributed by atoms with Crippen LogP contribution in [0, 0.1) is 13.8 Å². The van der Waals surface area contributed by atoms with Crippen LogP contribution in [0.3, 0.4) is 0 Å². The van der Waals surface area contributed by atoms with E-state index in [1.807, 2.05) is 41.5 Å². The molecule has 0 bridgehead atoms. The van der Waals surface area contributed by atoms with Crippen molar-refractivity contribution in [2.75, 3.05) is 53.5 Å². The summed E-state index contributed by atoms with van der Waals surface area (Å²) in [6.07, 6.45) is 0. The van der Waals surface area contributed by atoms with Crippen LogP contribution in [0.25, 0.3) is 0 Å². The Hall–Kier alpha value is -2.18. The molecule has 3 rings (SSSR count). The molecule has 218 valence electrons. The maximum Gasteiger partial charge on any atom is 0.246 e. The van der Waals surface area contributed by atoms with Crippen molar-refractivity contribution in [2.45, 2.75) is 63.2 Å². The standard InChI is InChI=1S/C28H43N3O6S2/c1-19(2)23-17-27(25(36-7)15-21(23)5)38(32,33)29-9-10-30-11-13-31(14-12-30)39(34,35)28-18-24(20(3)4)22(6)16-26(28)37-8/h15-20,29H,9-14H2,1-8H3. The molecule has 0 unspecified atom stereocenters. The van der Waals surface area contributed by atoms with Gasteiger partial charge >= 0.3 is 0 Å². The monoisotopic (exact) mass is 581 g/mol. The summed E-state index contributed by atoms with van der Waals surface area (Å²) in [5, 5.41) is 0. The van der Waals surface area contributed by atoms with E-state index in [4.69, 9.17) is 9.47 Å². The van der Waals surface area contributed by atoms with Crippen molar-refractivity contribution in [2.24, 2.45) is 0 Å². The number of sulfonamides is 2. The summed E-state index contributed by atoms with van der Waals surface area (Å²) < 4.78 is 68.3. The third-order valence-corrected chi connectivity index (χ3v) is 10.7. The minimum atomic E-state index is -3.79. The average molecular weight is 582 g/mol. The average Bonchev–Trinajstić information content (AvgIpc) is 2.87. The van der Waals surface area contributed by atoms with Gasteiger partial charge in [0.25, 0.3) is 0 Å². The maximum atomic E-state index is 13.5. The number of benzene rings is 2. The van der Waals surface area contributed by atoms with Crippen molar-refractivity contribution < 1.29 is 26.3 Å². The Labute approximate surface area is 234 Å². The molecule has 9 nitrogen and oxygen atoms in total. The largest absolute Gasteiger partial charge is 0.495 e. The van der Waals surface area contributed by atoms with Gasteiger partial charge < -0.3 is 9.47 Å². The topological polar surface area (TPSA) is 105 Å². The van der Waals surface area contributed by atoms with E-state index in [0.29, 0.717) is 44.2 Å². The molecule has 11 heteroatoms. The van der Waals surface area contributed by atoms with Gasteiger partial charge in [0, 0.05) is 39.3 Å². The van der Waals surface area contributed by atoms with Crippen LogP contribution in [0.15, 0.2) is 34.1 Å². The van der Waals surface area contributed by atoms with E-state index in [1.54, 1.807) is 24.3 Å². The molecule has 1 heterocycles. The fraction of sp³-hybridized carbons (Fsp3) is 0.571. The molecule has 0 aliphatic carbocycles. The molecule has 2 aromatic carbocycles. The number of piperazine rings is 1. The highest BCUT2D eigenvalue weighted by Gasteiger charge is 2.32. The van der Waals surface area contributed by atoms with Gasteiger partial charge in [-0.1, -0.05) is 27.7 Å². The molecule has 2 aromatic rings. The second-order valence-electron chi connectivity index (χ2n) is 10.7. The van der Waals surface area contributed by atoms with E-state index in [1.165, 1.54) is 18.5 Å². The summed E-state index contributed by atoms with van der Waals surface area (Å²) in [5.74, 6) is 1.02. The van der Waals surface area contributed by atoms with E-state index in [2.05, 4.69) is 9.62 Å². The predicted molar refractivity (Wildman–Crippen MR) is 154 cm³/mol. The summed E-state index contributed by atoms with van der Waals surface area (Å²) in [6, 6.07) is 6.97. The number of hydrogen-bond donors (Lipinski definition) is 1. The Bertz CT molecular complexity index is 1380. The highest BCUT2D eigenvalue weighted by molar-refractivity contribution is 7.89. The van der Waals surface area contributed by atoms with Gasteiger partial charge in [-0.15, -0.1) is 0 Å². The Balaban J connectivity index is 1.66. The zero-order chi connectivity index (χ0) is 29.1. The van der Waals surface area contributed by atoms with Gasteiger partial charge in [0.15, 0.2) is 0 Å². The molecule has 1 fully saturated rings. The number of nitrogens with one attached hydrogen (secondary N) is 1. The molecule has 0 amide bonds. The first-order valence-electron chi connectivity index (χ1n) is 13.3. The van der Waals surface area contributed by atoms with Gasteiger partial charge in [0.05, 0.1) is 14.2 Å². The molecule has 0 aromatic heterocycles. The first-order valence-corrected chi connectivity index (χ1v) is 16.2. The van der Waals surface area contributed by atoms with Crippen molar-refractivity contribution in [1.82, 2.24) is 13.9 Å². The van der Waals surface area contributed by atoms with Gasteiger partial charge in [-0.2, -0.15) is 4.31 Å². The molecule has 0 radical (unpaired) electrons. The van der Waals surface area contributed by atoms with Crippen molar-refractivity contribution in [1.29, 1.82) is 0 Å². The molecule has 0 atom stereocenters. The highest BCUT2D eigenvalue weighted by atomic mass is 32.2. The minimum Gasteiger partial charge on any atom is -0.495 e. The molecule has 0 spiro atoms. The summed E-state index contributed by atoms with van der Waals surface area (Å²) >= 11 is 0. The van der Waals surface area contributed by atoms with Crippen LogP contribution >= 0.6 is 0 Å². The number of nitrogens with zero attached hydrogens (tertiary/aromatic N) is 2. The van der Waals surface area contributed by atoms with Gasteiger partial charge in [-0.05, 0) is 72.2 Å². The van der Waals surface area contributed by atoms with Crippen molar-refractivity contribution in [3.8, 4) is 11.5 Å². The number of aryl methyl sites for hydroxylation is 2. The van der Waals surface area contributed by atoms with Crippen LogP contribution in [0.2, 0.25) is 0 Å². The van der Waals surface area contributed by atoms with Crippen molar-refractivity contribution in [3.63, 3.8) is 0 Å². The van der Waals surface area contributed by atoms with E-state index < -0.39 is 20.0 Å². The predicted octanol–water partition coefficient (Wildman–Crippen LogP) is 3.85. The SMILES string of the molecule is COc1cc(C)c(C(C)C)cc1S(=O)(=O)NCCN1CCN(S(=O)(=O)c2cc(C(C)C)c(C)cc2OC)CC1. The van der Waals surface area contributed by atoms with Crippen molar-refractivity contribution in [3.05, 3.63) is 46.5 Å². The summed E-state index contributed by atoms with van der Waals surface area (Å²) in [6.45, 7) is 14.3. The van der Waals surface area contributed by atoms with Gasteiger partial charge in [0.1, 0.15) is 21.3 Å². The molecule has 39 heavy (non-hydrogen) atoms. The van der Waals surface area contributed by atoms with Crippen LogP contribution in [0.5, 0.6) is 11.5 Å². The van der Waals surface area contributed by atoms with E-state index in [-0.39, 0.29) is 28.2 Å². The number of hydrogen-bond acceptors (Lipinski definition) is 7. The number of rotatable bonds is 11. The Morgan fingerprint density at radius 2 is 1.23 bits per heavy atom. The highest BCUT2D eigenvalue weighted by Crippen LogP contribution is 2.34. The molecule has 1 aliphatic heterocycles. The summed E-state index contributed by atoms with van der Waals surface area (Å²) in [7, 11) is -4.59. The smallest absolute Gasteiger partial charge is 0.246 e. The zero-order valence-corrected chi connectivity index (χ0v) is 26.0. The molecule has 0 saturated carbocycles. The van der Waals surface area contributed by atoms with Gasteiger partial charge in [-0.25, -0.2) is 21.6 Å². The lowest BCUT2D eigenvalue weighted by atomic mass is 9.98. The second-order valence-corrected chi connectivity index (χ2v) is 14.3. The fourth-order valence-corrected chi connectivity index (χ4v) is 7.88. The first kappa shape index (κ1) is 31.3. The minimum absolute atomic E-state index is 0.128. The fourth-order valence-electron chi connectivity index (χ4n) is 5.08. The molecule has 1 aliphatic rings. The van der Waals surface area contributed by atoms with E-state index >= 15 is 0 Å². The lowest BCUT2D eigenvalue weighted by Crippen LogP contribution is -2.50. The zero-order valence-electron chi connectivity index (χ0n) is 24.4. The Kier molecular flexibility index (Phi) is 10.1. The first-order chi connectivity index (χ1) is 18.2. The van der Waals surface area contributed by atoms with Crippen LogP contribution < -0.4 is 14.2 Å². The Morgan fingerprint density at radius 3 is 1.69 bits per heavy atom. The van der Waals surface area contributed by atoms with Crippen LogP contribution in [-0.2, 0) is 20.0 Å². The summed E-state index contributed by atoms with van der Waals surface area (Å²) in [5.41, 5.74) is 3.92. The normalized spacial score (nSPS) is 15.7.